The van der Waals surface area contributed by atoms with Crippen LogP contribution in [0.2, 0.25) is 0 Å². The molecule has 0 N–H and O–H groups in total. The van der Waals surface area contributed by atoms with Crippen molar-refractivity contribution < 1.29 is 0 Å². The molecule has 1 rings (SSSR count). The van der Waals surface area contributed by atoms with Crippen molar-refractivity contribution in [2.24, 2.45) is 5.41 Å². The Morgan fingerprint density at radius 3 is 2.00 bits per heavy atom. The summed E-state index contributed by atoms with van der Waals surface area (Å²) in [5.74, 6) is 0. The summed E-state index contributed by atoms with van der Waals surface area (Å²) >= 11 is 0. The van der Waals surface area contributed by atoms with E-state index in [9.17, 15) is 0 Å². The van der Waals surface area contributed by atoms with Gasteiger partial charge in [0.2, 0.25) is 0 Å². The smallest absolute Gasteiger partial charge is 0.0241 e. The van der Waals surface area contributed by atoms with Crippen molar-refractivity contribution in [3.63, 3.8) is 0 Å². The molecule has 0 aliphatic carbocycles. The van der Waals surface area contributed by atoms with Crippen LogP contribution in [0.3, 0.4) is 0 Å². The van der Waals surface area contributed by atoms with E-state index in [4.69, 9.17) is 0 Å². The molecule has 0 saturated heterocycles. The lowest BCUT2D eigenvalue weighted by atomic mass is 9.65. The van der Waals surface area contributed by atoms with E-state index >= 15 is 0 Å². The normalized spacial score (nSPS) is 27.9. The first kappa shape index (κ1) is 10.8. The van der Waals surface area contributed by atoms with Crippen molar-refractivity contribution in [1.29, 1.82) is 0 Å². The monoisotopic (exact) mass is 181 g/mol. The van der Waals surface area contributed by atoms with Crippen LogP contribution < -0.4 is 0 Å². The lowest BCUT2D eigenvalue weighted by Crippen LogP contribution is -2.56. The van der Waals surface area contributed by atoms with E-state index < -0.39 is 0 Å². The molecule has 0 radical (unpaired) electrons. The maximum absolute atomic E-state index is 2.45. The number of rotatable bonds is 0. The predicted molar refractivity (Wildman–Crippen MR) is 58.9 cm³/mol. The molecule has 0 unspecified atom stereocenters. The molecule has 1 heterocycles. The Labute approximate surface area is 82.8 Å². The zero-order chi connectivity index (χ0) is 10.4. The fraction of sp³-hybridized carbons (Fsp3) is 0.833. The van der Waals surface area contributed by atoms with Crippen molar-refractivity contribution >= 4 is 0 Å². The minimum Gasteiger partial charge on any atom is -0.296 e. The van der Waals surface area contributed by atoms with Gasteiger partial charge in [-0.25, -0.2) is 0 Å². The molecule has 0 aromatic heterocycles. The Kier molecular flexibility index (Phi) is 2.36. The van der Waals surface area contributed by atoms with E-state index in [-0.39, 0.29) is 11.0 Å². The fourth-order valence-corrected chi connectivity index (χ4v) is 2.14. The average molecular weight is 181 g/mol. The highest BCUT2D eigenvalue weighted by molar-refractivity contribution is 5.27. The summed E-state index contributed by atoms with van der Waals surface area (Å²) < 4.78 is 0. The topological polar surface area (TPSA) is 3.24 Å². The van der Waals surface area contributed by atoms with Crippen LogP contribution in [0, 0.1) is 5.41 Å². The van der Waals surface area contributed by atoms with E-state index in [0.29, 0.717) is 0 Å². The molecule has 1 aliphatic rings. The Morgan fingerprint density at radius 2 is 1.54 bits per heavy atom. The van der Waals surface area contributed by atoms with Crippen LogP contribution in [0.5, 0.6) is 0 Å². The van der Waals surface area contributed by atoms with Gasteiger partial charge in [0, 0.05) is 17.5 Å². The van der Waals surface area contributed by atoms with Gasteiger partial charge in [-0.1, -0.05) is 25.0 Å². The van der Waals surface area contributed by atoms with Crippen molar-refractivity contribution in [3.05, 3.63) is 11.1 Å². The molecule has 0 saturated carbocycles. The van der Waals surface area contributed by atoms with Gasteiger partial charge >= 0.3 is 0 Å². The molecular weight excluding hydrogens is 158 g/mol. The van der Waals surface area contributed by atoms with Crippen LogP contribution in [0.25, 0.3) is 0 Å². The zero-order valence-electron chi connectivity index (χ0n) is 10.2. The summed E-state index contributed by atoms with van der Waals surface area (Å²) in [4.78, 5) is 2.45. The van der Waals surface area contributed by atoms with Crippen molar-refractivity contribution in [3.8, 4) is 0 Å². The van der Waals surface area contributed by atoms with Crippen LogP contribution >= 0.6 is 0 Å². The highest BCUT2D eigenvalue weighted by Gasteiger charge is 2.44. The van der Waals surface area contributed by atoms with E-state index in [1.54, 1.807) is 5.57 Å². The van der Waals surface area contributed by atoms with E-state index in [2.05, 4.69) is 53.5 Å². The Balaban J connectivity index is 3.22. The largest absolute Gasteiger partial charge is 0.296 e. The lowest BCUT2D eigenvalue weighted by Gasteiger charge is -2.53. The van der Waals surface area contributed by atoms with Crippen molar-refractivity contribution in [2.45, 2.75) is 47.1 Å². The van der Waals surface area contributed by atoms with E-state index in [1.165, 1.54) is 5.57 Å². The standard InChI is InChI=1S/C12H23N/c1-9-8-13(7)12(5,6)11(3,4)10(9)2/h8H2,1-7H3. The van der Waals surface area contributed by atoms with E-state index in [1.807, 2.05) is 0 Å². The predicted octanol–water partition coefficient (Wildman–Crippen LogP) is 3.07. The molecule has 0 aromatic carbocycles. The van der Waals surface area contributed by atoms with Crippen LogP contribution in [0.4, 0.5) is 0 Å². The third-order valence-corrected chi connectivity index (χ3v) is 4.54. The van der Waals surface area contributed by atoms with Crippen LogP contribution in [-0.2, 0) is 0 Å². The first-order valence-corrected chi connectivity index (χ1v) is 5.09. The first-order chi connectivity index (χ1) is 5.71. The molecular formula is C12H23N. The van der Waals surface area contributed by atoms with Gasteiger partial charge in [-0.2, -0.15) is 0 Å². The molecule has 0 amide bonds. The maximum Gasteiger partial charge on any atom is 0.0241 e. The Morgan fingerprint density at radius 1 is 1.08 bits per heavy atom. The molecule has 1 nitrogen and oxygen atoms in total. The molecule has 1 heteroatoms. The lowest BCUT2D eigenvalue weighted by molar-refractivity contribution is 0.0469. The molecule has 76 valence electrons. The van der Waals surface area contributed by atoms with Crippen LogP contribution in [0.15, 0.2) is 11.1 Å². The molecule has 0 fully saturated rings. The van der Waals surface area contributed by atoms with Gasteiger partial charge in [-0.3, -0.25) is 4.90 Å². The van der Waals surface area contributed by atoms with Gasteiger partial charge in [0.1, 0.15) is 0 Å². The van der Waals surface area contributed by atoms with Crippen LogP contribution in [0.1, 0.15) is 41.5 Å². The number of hydrogen-bond acceptors (Lipinski definition) is 1. The molecule has 1 aliphatic heterocycles. The van der Waals surface area contributed by atoms with Crippen LogP contribution in [-0.4, -0.2) is 24.0 Å². The van der Waals surface area contributed by atoms with E-state index in [0.717, 1.165) is 6.54 Å². The third kappa shape index (κ3) is 1.34. The highest BCUT2D eigenvalue weighted by atomic mass is 15.2. The van der Waals surface area contributed by atoms with Crippen molar-refractivity contribution in [2.75, 3.05) is 13.6 Å². The average Bonchev–Trinajstić information content (AvgIpc) is 2.00. The second kappa shape index (κ2) is 2.84. The molecule has 0 atom stereocenters. The van der Waals surface area contributed by atoms with Gasteiger partial charge in [-0.05, 0) is 34.7 Å². The molecule has 0 bridgehead atoms. The fourth-order valence-electron chi connectivity index (χ4n) is 2.14. The van der Waals surface area contributed by atoms with Gasteiger partial charge in [-0.15, -0.1) is 0 Å². The number of nitrogens with zero attached hydrogens (tertiary/aromatic N) is 1. The molecule has 0 aromatic rings. The second-order valence-electron chi connectivity index (χ2n) is 5.45. The first-order valence-electron chi connectivity index (χ1n) is 5.09. The summed E-state index contributed by atoms with van der Waals surface area (Å²) in [6.45, 7) is 15.0. The summed E-state index contributed by atoms with van der Waals surface area (Å²) in [6, 6.07) is 0. The minimum atomic E-state index is 0.261. The summed E-state index contributed by atoms with van der Waals surface area (Å²) in [5, 5.41) is 0. The number of hydrogen-bond donors (Lipinski definition) is 0. The Bertz CT molecular complexity index is 246. The zero-order valence-corrected chi connectivity index (χ0v) is 10.2. The van der Waals surface area contributed by atoms with Crippen molar-refractivity contribution in [1.82, 2.24) is 4.90 Å². The van der Waals surface area contributed by atoms with Gasteiger partial charge < -0.3 is 0 Å². The summed E-state index contributed by atoms with van der Waals surface area (Å²) in [5.41, 5.74) is 3.64. The summed E-state index contributed by atoms with van der Waals surface area (Å²) in [6.07, 6.45) is 0. The van der Waals surface area contributed by atoms with Gasteiger partial charge in [0.25, 0.3) is 0 Å². The summed E-state index contributed by atoms with van der Waals surface area (Å²) in [7, 11) is 2.22. The molecule has 0 spiro atoms. The highest BCUT2D eigenvalue weighted by Crippen LogP contribution is 2.45. The maximum atomic E-state index is 2.45. The second-order valence-corrected chi connectivity index (χ2v) is 5.45. The number of likely N-dealkylation sites (N-methyl/N-ethyl adjacent to an activating group) is 1. The quantitative estimate of drug-likeness (QED) is 0.519. The minimum absolute atomic E-state index is 0.261. The molecule has 13 heavy (non-hydrogen) atoms. The third-order valence-electron chi connectivity index (χ3n) is 4.54. The van der Waals surface area contributed by atoms with Gasteiger partial charge in [0.05, 0.1) is 0 Å². The Hall–Kier alpha value is -0.300. The SMILES string of the molecule is CC1=C(C)C(C)(C)C(C)(C)N(C)C1. The van der Waals surface area contributed by atoms with Gasteiger partial charge in [0.15, 0.2) is 0 Å².